The van der Waals surface area contributed by atoms with Crippen LogP contribution in [0.25, 0.3) is 0 Å². The molecule has 0 radical (unpaired) electrons. The van der Waals surface area contributed by atoms with Crippen molar-refractivity contribution in [2.24, 2.45) is 11.8 Å². The minimum absolute atomic E-state index is 0.551. The number of rotatable bonds is 8. The molecule has 0 fully saturated rings. The second-order valence-corrected chi connectivity index (χ2v) is 5.57. The summed E-state index contributed by atoms with van der Waals surface area (Å²) in [5.41, 5.74) is 2.74. The van der Waals surface area contributed by atoms with Crippen LogP contribution in [0.15, 0.2) is 24.3 Å². The summed E-state index contributed by atoms with van der Waals surface area (Å²) < 4.78 is 5.32. The Labute approximate surface area is 112 Å². The molecule has 0 bridgehead atoms. The Balaban J connectivity index is 2.46. The summed E-state index contributed by atoms with van der Waals surface area (Å²) in [6, 6.07) is 8.76. The smallest absolute Gasteiger partial charge is 0.0505 e. The second kappa shape index (κ2) is 8.28. The Kier molecular flexibility index (Phi) is 6.99. The van der Waals surface area contributed by atoms with Gasteiger partial charge in [0.05, 0.1) is 6.61 Å². The van der Waals surface area contributed by atoms with Crippen molar-refractivity contribution < 1.29 is 4.74 Å². The molecular weight excluding hydrogens is 222 g/mol. The molecule has 0 aliphatic carbocycles. The Morgan fingerprint density at radius 3 is 2.61 bits per heavy atom. The maximum absolute atomic E-state index is 5.32. The van der Waals surface area contributed by atoms with Gasteiger partial charge in [-0.1, -0.05) is 43.7 Å². The lowest BCUT2D eigenvalue weighted by atomic mass is 9.98. The Morgan fingerprint density at radius 2 is 2.00 bits per heavy atom. The first-order valence-corrected chi connectivity index (χ1v) is 6.87. The summed E-state index contributed by atoms with van der Waals surface area (Å²) in [4.78, 5) is 0. The molecule has 1 unspecified atom stereocenters. The fraction of sp³-hybridized carbons (Fsp3) is 0.625. The largest absolute Gasteiger partial charge is 0.384 e. The van der Waals surface area contributed by atoms with E-state index in [1.807, 2.05) is 0 Å². The van der Waals surface area contributed by atoms with E-state index in [4.69, 9.17) is 4.74 Å². The van der Waals surface area contributed by atoms with Crippen LogP contribution in [0.4, 0.5) is 0 Å². The average Bonchev–Trinajstić information content (AvgIpc) is 2.28. The first-order valence-electron chi connectivity index (χ1n) is 6.87. The van der Waals surface area contributed by atoms with E-state index in [9.17, 15) is 0 Å². The minimum Gasteiger partial charge on any atom is -0.384 e. The lowest BCUT2D eigenvalue weighted by Crippen LogP contribution is -2.30. The molecule has 0 aromatic heterocycles. The number of aryl methyl sites for hydroxylation is 1. The van der Waals surface area contributed by atoms with Gasteiger partial charge in [0.2, 0.25) is 0 Å². The summed E-state index contributed by atoms with van der Waals surface area (Å²) in [6.07, 6.45) is 1.08. The molecule has 1 rings (SSSR count). The van der Waals surface area contributed by atoms with Crippen molar-refractivity contribution >= 4 is 0 Å². The maximum Gasteiger partial charge on any atom is 0.0505 e. The van der Waals surface area contributed by atoms with Gasteiger partial charge in [-0.05, 0) is 37.3 Å². The standard InChI is InChI=1S/C16H27NO/c1-13(2)10-17-11-16(12-18-4)9-15-7-5-6-14(3)8-15/h5-8,13,16-17H,9-12H2,1-4H3. The van der Waals surface area contributed by atoms with Gasteiger partial charge in [-0.2, -0.15) is 0 Å². The third-order valence-corrected chi connectivity index (χ3v) is 2.99. The van der Waals surface area contributed by atoms with Crippen molar-refractivity contribution in [3.63, 3.8) is 0 Å². The fourth-order valence-electron chi connectivity index (χ4n) is 2.17. The molecule has 0 amide bonds. The minimum atomic E-state index is 0.551. The monoisotopic (exact) mass is 249 g/mol. The number of ether oxygens (including phenoxy) is 1. The maximum atomic E-state index is 5.32. The predicted octanol–water partition coefficient (Wildman–Crippen LogP) is 3.05. The molecule has 102 valence electrons. The number of methoxy groups -OCH3 is 1. The fourth-order valence-corrected chi connectivity index (χ4v) is 2.17. The normalized spacial score (nSPS) is 12.9. The van der Waals surface area contributed by atoms with Gasteiger partial charge in [0.1, 0.15) is 0 Å². The highest BCUT2D eigenvalue weighted by Crippen LogP contribution is 2.11. The summed E-state index contributed by atoms with van der Waals surface area (Å²) in [5, 5.41) is 3.52. The first kappa shape index (κ1) is 15.2. The zero-order valence-corrected chi connectivity index (χ0v) is 12.2. The Bertz CT molecular complexity index is 336. The van der Waals surface area contributed by atoms with Crippen LogP contribution in [0, 0.1) is 18.8 Å². The summed E-state index contributed by atoms with van der Waals surface area (Å²) in [6.45, 7) is 9.54. The zero-order chi connectivity index (χ0) is 13.4. The van der Waals surface area contributed by atoms with E-state index in [0.717, 1.165) is 26.1 Å². The van der Waals surface area contributed by atoms with Crippen molar-refractivity contribution in [3.05, 3.63) is 35.4 Å². The highest BCUT2D eigenvalue weighted by Gasteiger charge is 2.09. The van der Waals surface area contributed by atoms with Gasteiger partial charge in [0.25, 0.3) is 0 Å². The molecule has 0 aliphatic rings. The van der Waals surface area contributed by atoms with E-state index >= 15 is 0 Å². The molecule has 0 saturated carbocycles. The molecule has 0 saturated heterocycles. The van der Waals surface area contributed by atoms with E-state index in [1.54, 1.807) is 7.11 Å². The SMILES string of the molecule is COCC(CNCC(C)C)Cc1cccc(C)c1. The average molecular weight is 249 g/mol. The van der Waals surface area contributed by atoms with Crippen LogP contribution in [0.1, 0.15) is 25.0 Å². The van der Waals surface area contributed by atoms with Crippen molar-refractivity contribution in [1.82, 2.24) is 5.32 Å². The van der Waals surface area contributed by atoms with E-state index in [2.05, 4.69) is 50.4 Å². The molecular formula is C16H27NO. The van der Waals surface area contributed by atoms with Crippen LogP contribution in [0.2, 0.25) is 0 Å². The van der Waals surface area contributed by atoms with Crippen LogP contribution in [0.5, 0.6) is 0 Å². The molecule has 0 spiro atoms. The molecule has 2 nitrogen and oxygen atoms in total. The van der Waals surface area contributed by atoms with Crippen LogP contribution in [-0.4, -0.2) is 26.8 Å². The summed E-state index contributed by atoms with van der Waals surface area (Å²) >= 11 is 0. The Hall–Kier alpha value is -0.860. The molecule has 0 heterocycles. The molecule has 1 N–H and O–H groups in total. The molecule has 2 heteroatoms. The van der Waals surface area contributed by atoms with Crippen molar-refractivity contribution in [1.29, 1.82) is 0 Å². The molecule has 1 aromatic rings. The molecule has 0 aliphatic heterocycles. The van der Waals surface area contributed by atoms with E-state index in [-0.39, 0.29) is 0 Å². The number of hydrogen-bond donors (Lipinski definition) is 1. The molecule has 1 aromatic carbocycles. The van der Waals surface area contributed by atoms with Crippen LogP contribution < -0.4 is 5.32 Å². The molecule has 1 atom stereocenters. The quantitative estimate of drug-likeness (QED) is 0.764. The summed E-state index contributed by atoms with van der Waals surface area (Å²) in [7, 11) is 1.78. The van der Waals surface area contributed by atoms with Gasteiger partial charge in [0.15, 0.2) is 0 Å². The van der Waals surface area contributed by atoms with Gasteiger partial charge < -0.3 is 10.1 Å². The first-order chi connectivity index (χ1) is 8.61. The van der Waals surface area contributed by atoms with E-state index in [1.165, 1.54) is 11.1 Å². The second-order valence-electron chi connectivity index (χ2n) is 5.57. The number of benzene rings is 1. The van der Waals surface area contributed by atoms with E-state index < -0.39 is 0 Å². The lowest BCUT2D eigenvalue weighted by molar-refractivity contribution is 0.150. The van der Waals surface area contributed by atoms with Crippen LogP contribution in [0.3, 0.4) is 0 Å². The van der Waals surface area contributed by atoms with Gasteiger partial charge in [-0.3, -0.25) is 0 Å². The zero-order valence-electron chi connectivity index (χ0n) is 12.2. The van der Waals surface area contributed by atoms with Crippen molar-refractivity contribution in [2.75, 3.05) is 26.8 Å². The van der Waals surface area contributed by atoms with Crippen molar-refractivity contribution in [2.45, 2.75) is 27.2 Å². The van der Waals surface area contributed by atoms with Gasteiger partial charge in [-0.15, -0.1) is 0 Å². The Morgan fingerprint density at radius 1 is 1.22 bits per heavy atom. The van der Waals surface area contributed by atoms with Crippen LogP contribution in [-0.2, 0) is 11.2 Å². The van der Waals surface area contributed by atoms with E-state index in [0.29, 0.717) is 11.8 Å². The number of nitrogens with one attached hydrogen (secondary N) is 1. The topological polar surface area (TPSA) is 21.3 Å². The van der Waals surface area contributed by atoms with Crippen LogP contribution >= 0.6 is 0 Å². The van der Waals surface area contributed by atoms with Gasteiger partial charge >= 0.3 is 0 Å². The highest BCUT2D eigenvalue weighted by molar-refractivity contribution is 5.22. The third kappa shape index (κ3) is 6.18. The third-order valence-electron chi connectivity index (χ3n) is 2.99. The van der Waals surface area contributed by atoms with Gasteiger partial charge in [0, 0.05) is 13.7 Å². The number of hydrogen-bond acceptors (Lipinski definition) is 2. The predicted molar refractivity (Wildman–Crippen MR) is 78.0 cm³/mol. The lowest BCUT2D eigenvalue weighted by Gasteiger charge is -2.18. The summed E-state index contributed by atoms with van der Waals surface area (Å²) in [5.74, 6) is 1.25. The highest BCUT2D eigenvalue weighted by atomic mass is 16.5. The molecule has 18 heavy (non-hydrogen) atoms. The van der Waals surface area contributed by atoms with Crippen molar-refractivity contribution in [3.8, 4) is 0 Å². The van der Waals surface area contributed by atoms with Gasteiger partial charge in [-0.25, -0.2) is 0 Å².